The molecule has 0 aliphatic carbocycles. The second-order valence-electron chi connectivity index (χ2n) is 5.75. The summed E-state index contributed by atoms with van der Waals surface area (Å²) in [6.45, 7) is 2.07. The lowest BCUT2D eigenvalue weighted by Gasteiger charge is -2.14. The van der Waals surface area contributed by atoms with Crippen molar-refractivity contribution in [1.29, 1.82) is 0 Å². The molecule has 27 heavy (non-hydrogen) atoms. The number of aliphatic hydroxyl groups is 2. The maximum atomic E-state index is 9.68. The van der Waals surface area contributed by atoms with Crippen LogP contribution in [0.15, 0.2) is 36.4 Å². The van der Waals surface area contributed by atoms with E-state index >= 15 is 0 Å². The highest BCUT2D eigenvalue weighted by Crippen LogP contribution is 2.31. The van der Waals surface area contributed by atoms with Crippen molar-refractivity contribution in [2.24, 2.45) is 0 Å². The van der Waals surface area contributed by atoms with Gasteiger partial charge in [0.2, 0.25) is 0 Å². The Hall–Kier alpha value is -2.68. The molecule has 0 radical (unpaired) electrons. The van der Waals surface area contributed by atoms with E-state index < -0.39 is 0 Å². The summed E-state index contributed by atoms with van der Waals surface area (Å²) in [5.74, 6) is 1.82. The fourth-order valence-corrected chi connectivity index (χ4v) is 3.16. The monoisotopic (exact) mass is 387 g/mol. The summed E-state index contributed by atoms with van der Waals surface area (Å²) in [4.78, 5) is 0. The predicted molar refractivity (Wildman–Crippen MR) is 104 cm³/mol. The van der Waals surface area contributed by atoms with Crippen LogP contribution in [0.25, 0.3) is 17.1 Å². The molecule has 0 atom stereocenters. The fourth-order valence-electron chi connectivity index (χ4n) is 2.92. The van der Waals surface area contributed by atoms with Gasteiger partial charge >= 0.3 is 0 Å². The number of rotatable bonds is 7. The summed E-state index contributed by atoms with van der Waals surface area (Å²) in [7, 11) is 1.52. The second-order valence-corrected chi connectivity index (χ2v) is 6.13. The summed E-state index contributed by atoms with van der Waals surface area (Å²) in [6, 6.07) is 11.1. The van der Waals surface area contributed by atoms with E-state index in [9.17, 15) is 10.2 Å². The summed E-state index contributed by atoms with van der Waals surface area (Å²) in [5.41, 5.74) is 2.64. The molecule has 3 aromatic rings. The summed E-state index contributed by atoms with van der Waals surface area (Å²) in [5, 5.41) is 26.4. The van der Waals surface area contributed by atoms with Crippen LogP contribution < -0.4 is 9.47 Å². The quantitative estimate of drug-likeness (QED) is 0.540. The molecule has 3 rings (SSSR count). The average Bonchev–Trinajstić information content (AvgIpc) is 3.09. The van der Waals surface area contributed by atoms with Gasteiger partial charge in [-0.15, -0.1) is 0 Å². The van der Waals surface area contributed by atoms with Gasteiger partial charge in [0.1, 0.15) is 11.5 Å². The van der Waals surface area contributed by atoms with Gasteiger partial charge < -0.3 is 19.7 Å². The van der Waals surface area contributed by atoms with Crippen molar-refractivity contribution in [2.75, 3.05) is 13.7 Å². The van der Waals surface area contributed by atoms with E-state index in [1.807, 2.05) is 31.2 Å². The molecule has 0 spiro atoms. The number of methoxy groups -OCH3 is 1. The van der Waals surface area contributed by atoms with E-state index in [1.54, 1.807) is 16.7 Å². The molecule has 142 valence electrons. The summed E-state index contributed by atoms with van der Waals surface area (Å²) in [6.07, 6.45) is 0. The van der Waals surface area contributed by atoms with Gasteiger partial charge in [0.05, 0.1) is 32.6 Å². The zero-order chi connectivity index (χ0) is 19.4. The van der Waals surface area contributed by atoms with Crippen LogP contribution in [0.5, 0.6) is 11.5 Å². The molecule has 7 nitrogen and oxygen atoms in total. The van der Waals surface area contributed by atoms with Gasteiger partial charge in [-0.05, 0) is 61.1 Å². The minimum Gasteiger partial charge on any atom is -0.496 e. The van der Waals surface area contributed by atoms with E-state index in [0.29, 0.717) is 39.6 Å². The van der Waals surface area contributed by atoms with E-state index in [1.165, 1.54) is 7.11 Å². The number of hydrogen-bond acceptors (Lipinski definition) is 6. The molecule has 1 aromatic heterocycles. The highest BCUT2D eigenvalue weighted by Gasteiger charge is 2.16. The van der Waals surface area contributed by atoms with Crippen molar-refractivity contribution in [1.82, 2.24) is 14.8 Å². The number of hydrogen-bond donors (Lipinski definition) is 3. The van der Waals surface area contributed by atoms with Crippen molar-refractivity contribution in [3.63, 3.8) is 0 Å². The van der Waals surface area contributed by atoms with E-state index in [2.05, 4.69) is 10.2 Å². The van der Waals surface area contributed by atoms with Gasteiger partial charge in [-0.1, -0.05) is 0 Å². The first-order valence-corrected chi connectivity index (χ1v) is 8.86. The molecule has 0 unspecified atom stereocenters. The fraction of sp³-hybridized carbons (Fsp3) is 0.263. The van der Waals surface area contributed by atoms with Gasteiger partial charge in [0, 0.05) is 11.1 Å². The standard InChI is InChI=1S/C19H21N3O4S/c1-3-26-15-6-4-14(5-7-15)22-18(20-21-19(22)27)12-8-13(10-23)16(11-24)17(9-12)25-2/h4-9,23-24H,3,10-11H2,1-2H3,(H,21,27). The first kappa shape index (κ1) is 19.1. The van der Waals surface area contributed by atoms with Crippen molar-refractivity contribution < 1.29 is 19.7 Å². The number of nitrogens with zero attached hydrogens (tertiary/aromatic N) is 2. The van der Waals surface area contributed by atoms with E-state index in [-0.39, 0.29) is 13.2 Å². The topological polar surface area (TPSA) is 92.5 Å². The number of aliphatic hydroxyl groups excluding tert-OH is 2. The van der Waals surface area contributed by atoms with Crippen LogP contribution in [0.3, 0.4) is 0 Å². The van der Waals surface area contributed by atoms with Gasteiger partial charge in [0.15, 0.2) is 10.6 Å². The van der Waals surface area contributed by atoms with Crippen molar-refractivity contribution in [3.8, 4) is 28.6 Å². The molecule has 0 saturated carbocycles. The molecular weight excluding hydrogens is 366 g/mol. The lowest BCUT2D eigenvalue weighted by atomic mass is 10.0. The van der Waals surface area contributed by atoms with Crippen molar-refractivity contribution >= 4 is 12.2 Å². The maximum absolute atomic E-state index is 9.68. The third-order valence-corrected chi connectivity index (χ3v) is 4.46. The Kier molecular flexibility index (Phi) is 5.90. The minimum absolute atomic E-state index is 0.228. The number of aromatic nitrogens is 3. The van der Waals surface area contributed by atoms with Gasteiger partial charge in [0.25, 0.3) is 0 Å². The molecule has 3 N–H and O–H groups in total. The van der Waals surface area contributed by atoms with Crippen molar-refractivity contribution in [2.45, 2.75) is 20.1 Å². The Bertz CT molecular complexity index is 954. The largest absolute Gasteiger partial charge is 0.496 e. The van der Waals surface area contributed by atoms with Gasteiger partial charge in [-0.25, -0.2) is 0 Å². The van der Waals surface area contributed by atoms with Gasteiger partial charge in [-0.2, -0.15) is 5.10 Å². The molecule has 0 saturated heterocycles. The molecule has 0 fully saturated rings. The first-order chi connectivity index (χ1) is 13.1. The summed E-state index contributed by atoms with van der Waals surface area (Å²) < 4.78 is 13.1. The Labute approximate surface area is 161 Å². The number of benzene rings is 2. The zero-order valence-electron chi connectivity index (χ0n) is 15.1. The van der Waals surface area contributed by atoms with Crippen LogP contribution in [0.1, 0.15) is 18.1 Å². The Morgan fingerprint density at radius 3 is 2.48 bits per heavy atom. The van der Waals surface area contributed by atoms with Crippen LogP contribution in [0.4, 0.5) is 0 Å². The number of nitrogens with one attached hydrogen (secondary N) is 1. The SMILES string of the molecule is CCOc1ccc(-n2c(-c3cc(CO)c(CO)c(OC)c3)n[nH]c2=S)cc1. The second kappa shape index (κ2) is 8.34. The Morgan fingerprint density at radius 2 is 1.89 bits per heavy atom. The molecule has 1 heterocycles. The summed E-state index contributed by atoms with van der Waals surface area (Å²) >= 11 is 5.40. The molecular formula is C19H21N3O4S. The smallest absolute Gasteiger partial charge is 0.200 e. The Morgan fingerprint density at radius 1 is 1.15 bits per heavy atom. The number of H-pyrrole nitrogens is 1. The number of aromatic amines is 1. The van der Waals surface area contributed by atoms with Crippen LogP contribution >= 0.6 is 12.2 Å². The molecule has 2 aromatic carbocycles. The van der Waals surface area contributed by atoms with Crippen LogP contribution in [0.2, 0.25) is 0 Å². The first-order valence-electron chi connectivity index (χ1n) is 8.45. The highest BCUT2D eigenvalue weighted by molar-refractivity contribution is 7.71. The third kappa shape index (κ3) is 3.73. The molecule has 0 amide bonds. The molecule has 8 heteroatoms. The molecule has 0 bridgehead atoms. The van der Waals surface area contributed by atoms with Crippen molar-refractivity contribution in [3.05, 3.63) is 52.3 Å². The van der Waals surface area contributed by atoms with Gasteiger partial charge in [-0.3, -0.25) is 9.67 Å². The van der Waals surface area contributed by atoms with E-state index in [4.69, 9.17) is 21.7 Å². The average molecular weight is 387 g/mol. The minimum atomic E-state index is -0.231. The lowest BCUT2D eigenvalue weighted by molar-refractivity contribution is 0.254. The lowest BCUT2D eigenvalue weighted by Crippen LogP contribution is -2.03. The molecule has 0 aliphatic rings. The zero-order valence-corrected chi connectivity index (χ0v) is 15.9. The van der Waals surface area contributed by atoms with Crippen LogP contribution in [0, 0.1) is 4.77 Å². The Balaban J connectivity index is 2.13. The normalized spacial score (nSPS) is 10.8. The highest BCUT2D eigenvalue weighted by atomic mass is 32.1. The number of ether oxygens (including phenoxy) is 2. The maximum Gasteiger partial charge on any atom is 0.200 e. The van der Waals surface area contributed by atoms with Crippen LogP contribution in [-0.4, -0.2) is 38.7 Å². The van der Waals surface area contributed by atoms with Crippen LogP contribution in [-0.2, 0) is 13.2 Å². The molecule has 0 aliphatic heterocycles. The predicted octanol–water partition coefficient (Wildman–Crippen LogP) is 2.99. The third-order valence-electron chi connectivity index (χ3n) is 4.19. The van der Waals surface area contributed by atoms with E-state index in [0.717, 1.165) is 11.4 Å².